The normalized spacial score (nSPS) is 12.1. The second-order valence-electron chi connectivity index (χ2n) is 15.0. The van der Waals surface area contributed by atoms with Crippen molar-refractivity contribution in [2.75, 3.05) is 0 Å². The smallest absolute Gasteiger partial charge is 0.135 e. The molecule has 6 heteroatoms. The minimum Gasteiger partial charge on any atom is -0.456 e. The largest absolute Gasteiger partial charge is 0.456 e. The zero-order chi connectivity index (χ0) is 37.9. The van der Waals surface area contributed by atoms with Crippen molar-refractivity contribution in [3.63, 3.8) is 0 Å². The minimum absolute atomic E-state index is 0.863. The molecule has 0 N–H and O–H groups in total. The molecule has 0 saturated carbocycles. The summed E-state index contributed by atoms with van der Waals surface area (Å²) in [5.41, 5.74) is 16.5. The zero-order valence-corrected chi connectivity index (χ0v) is 30.9. The molecule has 0 spiro atoms. The molecule has 0 saturated heterocycles. The van der Waals surface area contributed by atoms with Crippen LogP contribution in [0.15, 0.2) is 191 Å². The van der Waals surface area contributed by atoms with Crippen LogP contribution in [0.5, 0.6) is 0 Å². The van der Waals surface area contributed by atoms with Crippen LogP contribution in [0, 0.1) is 0 Å². The van der Waals surface area contributed by atoms with E-state index in [4.69, 9.17) is 18.8 Å². The summed E-state index contributed by atoms with van der Waals surface area (Å²) >= 11 is 0. The third-order valence-corrected chi connectivity index (χ3v) is 11.8. The molecule has 0 aliphatic heterocycles. The maximum atomic E-state index is 6.39. The molecular weight excluding hydrogens is 713 g/mol. The Bertz CT molecular complexity index is 3470. The van der Waals surface area contributed by atoms with Gasteiger partial charge in [-0.25, -0.2) is 0 Å². The van der Waals surface area contributed by atoms with Gasteiger partial charge in [-0.05, 0) is 125 Å². The summed E-state index contributed by atoms with van der Waals surface area (Å²) in [5.74, 6) is 0. The van der Waals surface area contributed by atoms with Crippen molar-refractivity contribution in [2.24, 2.45) is 0 Å². The Morgan fingerprint density at radius 2 is 0.724 bits per heavy atom. The van der Waals surface area contributed by atoms with Gasteiger partial charge in [0.2, 0.25) is 0 Å². The molecular formula is C52H30N4O2. The highest BCUT2D eigenvalue weighted by Gasteiger charge is 2.18. The van der Waals surface area contributed by atoms with Crippen molar-refractivity contribution in [1.82, 2.24) is 19.1 Å². The van der Waals surface area contributed by atoms with E-state index in [0.29, 0.717) is 0 Å². The summed E-state index contributed by atoms with van der Waals surface area (Å²) in [6.45, 7) is 0. The molecule has 0 radical (unpaired) electrons. The molecule has 6 nitrogen and oxygen atoms in total. The van der Waals surface area contributed by atoms with Crippen molar-refractivity contribution in [2.45, 2.75) is 0 Å². The lowest BCUT2D eigenvalue weighted by Crippen LogP contribution is -1.93. The first-order valence-corrected chi connectivity index (χ1v) is 19.5. The molecule has 0 unspecified atom stereocenters. The fourth-order valence-electron chi connectivity index (χ4n) is 9.17. The van der Waals surface area contributed by atoms with Gasteiger partial charge in [0.05, 0.1) is 33.1 Å². The van der Waals surface area contributed by atoms with Crippen molar-refractivity contribution in [3.8, 4) is 33.6 Å². The van der Waals surface area contributed by atoms with E-state index < -0.39 is 0 Å². The average molecular weight is 743 g/mol. The highest BCUT2D eigenvalue weighted by atomic mass is 16.3. The molecule has 0 aliphatic rings. The molecule has 270 valence electrons. The molecule has 7 aromatic carbocycles. The Morgan fingerprint density at radius 1 is 0.310 bits per heavy atom. The Hall–Kier alpha value is -7.96. The van der Waals surface area contributed by atoms with E-state index in [2.05, 4.69) is 167 Å². The quantitative estimate of drug-likeness (QED) is 0.180. The van der Waals surface area contributed by atoms with E-state index in [1.54, 1.807) is 0 Å². The molecule has 0 aliphatic carbocycles. The Labute approximate surface area is 330 Å². The summed E-state index contributed by atoms with van der Waals surface area (Å²) < 4.78 is 17.4. The minimum atomic E-state index is 0.863. The molecule has 6 aromatic heterocycles. The fraction of sp³-hybridized carbons (Fsp3) is 0. The van der Waals surface area contributed by atoms with Crippen LogP contribution in [0.4, 0.5) is 0 Å². The lowest BCUT2D eigenvalue weighted by molar-refractivity contribution is 0.668. The molecule has 6 heterocycles. The highest BCUT2D eigenvalue weighted by molar-refractivity contribution is 6.11. The van der Waals surface area contributed by atoms with Gasteiger partial charge in [-0.3, -0.25) is 9.97 Å². The van der Waals surface area contributed by atoms with Crippen LogP contribution in [-0.2, 0) is 0 Å². The number of furan rings is 2. The van der Waals surface area contributed by atoms with Crippen LogP contribution in [0.2, 0.25) is 0 Å². The van der Waals surface area contributed by atoms with Crippen LogP contribution in [0.1, 0.15) is 0 Å². The Balaban J connectivity index is 0.909. The van der Waals surface area contributed by atoms with Gasteiger partial charge in [0.15, 0.2) is 0 Å². The number of hydrogen-bond acceptors (Lipinski definition) is 4. The van der Waals surface area contributed by atoms with Gasteiger partial charge in [0.1, 0.15) is 22.3 Å². The topological polar surface area (TPSA) is 61.9 Å². The fourth-order valence-corrected chi connectivity index (χ4v) is 9.17. The van der Waals surface area contributed by atoms with Crippen LogP contribution in [0.25, 0.3) is 121 Å². The van der Waals surface area contributed by atoms with Crippen molar-refractivity contribution >= 4 is 87.7 Å². The third kappa shape index (κ3) is 4.48. The van der Waals surface area contributed by atoms with Crippen molar-refractivity contribution in [3.05, 3.63) is 182 Å². The van der Waals surface area contributed by atoms with Crippen LogP contribution in [-0.4, -0.2) is 19.1 Å². The van der Waals surface area contributed by atoms with Gasteiger partial charge in [-0.2, -0.15) is 0 Å². The number of rotatable bonds is 4. The van der Waals surface area contributed by atoms with Gasteiger partial charge in [-0.1, -0.05) is 66.7 Å². The van der Waals surface area contributed by atoms with Gasteiger partial charge in [0, 0.05) is 56.1 Å². The number of fused-ring (bicyclic) bond motifs is 12. The predicted octanol–water partition coefficient (Wildman–Crippen LogP) is 13.8. The third-order valence-electron chi connectivity index (χ3n) is 11.8. The van der Waals surface area contributed by atoms with Crippen LogP contribution in [0.3, 0.4) is 0 Å². The van der Waals surface area contributed by atoms with E-state index in [1.165, 1.54) is 0 Å². The van der Waals surface area contributed by atoms with E-state index >= 15 is 0 Å². The van der Waals surface area contributed by atoms with Crippen molar-refractivity contribution in [1.29, 1.82) is 0 Å². The first kappa shape index (κ1) is 31.3. The number of hydrogen-bond donors (Lipinski definition) is 0. The highest BCUT2D eigenvalue weighted by Crippen LogP contribution is 2.39. The second kappa shape index (κ2) is 11.8. The summed E-state index contributed by atoms with van der Waals surface area (Å²) in [6.07, 6.45) is 3.73. The van der Waals surface area contributed by atoms with Crippen LogP contribution < -0.4 is 0 Å². The Morgan fingerprint density at radius 3 is 1.22 bits per heavy atom. The van der Waals surface area contributed by atoms with E-state index in [-0.39, 0.29) is 0 Å². The average Bonchev–Trinajstić information content (AvgIpc) is 4.03. The lowest BCUT2D eigenvalue weighted by atomic mass is 9.97. The van der Waals surface area contributed by atoms with Crippen molar-refractivity contribution < 1.29 is 8.83 Å². The SMILES string of the molecule is c1cc(-c2ccc3oc4ccc(-n5c6ccccc6c6ncccc65)cc4c3c2)cc(-c2ccc3oc4ccc(-n5c6ccccc6c6ncccc65)cc4c3c2)c1. The maximum absolute atomic E-state index is 6.39. The van der Waals surface area contributed by atoms with E-state index in [1.807, 2.05) is 24.5 Å². The van der Waals surface area contributed by atoms with Gasteiger partial charge in [-0.15, -0.1) is 0 Å². The number of benzene rings is 7. The van der Waals surface area contributed by atoms with Gasteiger partial charge < -0.3 is 18.0 Å². The molecule has 0 atom stereocenters. The van der Waals surface area contributed by atoms with E-state index in [9.17, 15) is 0 Å². The second-order valence-corrected chi connectivity index (χ2v) is 15.0. The molecule has 0 fully saturated rings. The Kier molecular flexibility index (Phi) is 6.35. The summed E-state index contributed by atoms with van der Waals surface area (Å²) in [4.78, 5) is 9.48. The predicted molar refractivity (Wildman–Crippen MR) is 236 cm³/mol. The maximum Gasteiger partial charge on any atom is 0.135 e. The standard InChI is InChI=1S/C52H30N4O2/c1-3-12-43-37(10-1)51-45(14-6-24-53-51)55(43)35-18-22-49-41(29-35)39-27-33(16-20-47(39)57-49)31-8-5-9-32(26-31)34-17-21-48-40(28-34)42-30-36(19-23-50(42)58-48)56-44-13-4-2-11-38(44)52-46(56)15-7-25-54-52/h1-30H. The first-order valence-electron chi connectivity index (χ1n) is 19.5. The number of nitrogens with zero attached hydrogens (tertiary/aromatic N) is 4. The molecule has 0 bridgehead atoms. The van der Waals surface area contributed by atoms with Gasteiger partial charge in [0.25, 0.3) is 0 Å². The summed E-state index contributed by atoms with van der Waals surface area (Å²) in [7, 11) is 0. The first-order chi connectivity index (χ1) is 28.7. The molecule has 0 amide bonds. The lowest BCUT2D eigenvalue weighted by Gasteiger charge is -2.08. The van der Waals surface area contributed by atoms with Gasteiger partial charge >= 0.3 is 0 Å². The molecule has 58 heavy (non-hydrogen) atoms. The summed E-state index contributed by atoms with van der Waals surface area (Å²) in [6, 6.07) is 59.9. The zero-order valence-electron chi connectivity index (χ0n) is 30.9. The number of para-hydroxylation sites is 2. The molecule has 13 aromatic rings. The van der Waals surface area contributed by atoms with E-state index in [0.717, 1.165) is 121 Å². The monoisotopic (exact) mass is 742 g/mol. The number of aromatic nitrogens is 4. The molecule has 13 rings (SSSR count). The van der Waals surface area contributed by atoms with Crippen LogP contribution >= 0.6 is 0 Å². The number of pyridine rings is 2. The summed E-state index contributed by atoms with van der Waals surface area (Å²) in [5, 5.41) is 6.60.